The number of nitrogens with one attached hydrogen (secondary N) is 2. The highest BCUT2D eigenvalue weighted by atomic mass is 16.5. The van der Waals surface area contributed by atoms with Gasteiger partial charge in [0.05, 0.1) is 13.5 Å². The molecule has 16 heavy (non-hydrogen) atoms. The average Bonchev–Trinajstić information content (AvgIpc) is 3.01. The van der Waals surface area contributed by atoms with Crippen LogP contribution in [0.25, 0.3) is 0 Å². The van der Waals surface area contributed by atoms with Crippen molar-refractivity contribution >= 4 is 11.9 Å². The molecule has 0 radical (unpaired) electrons. The Balaban J connectivity index is 2.00. The molecular formula is C11H20N2O3. The minimum atomic E-state index is -0.234. The third-order valence-electron chi connectivity index (χ3n) is 2.49. The lowest BCUT2D eigenvalue weighted by Gasteiger charge is -2.12. The molecule has 1 saturated carbocycles. The van der Waals surface area contributed by atoms with E-state index in [1.165, 1.54) is 7.11 Å². The number of rotatable bonds is 7. The maximum absolute atomic E-state index is 11.3. The Labute approximate surface area is 95.9 Å². The molecule has 1 aliphatic rings. The van der Waals surface area contributed by atoms with Gasteiger partial charge in [-0.2, -0.15) is 0 Å². The number of carbonyl (C=O) groups excluding carboxylic acids is 2. The van der Waals surface area contributed by atoms with Crippen molar-refractivity contribution in [2.24, 2.45) is 0 Å². The SMILES string of the molecule is COC(=O)CC(C)NCCC(=O)NC1CC1. The number of esters is 1. The Kier molecular flexibility index (Phi) is 5.25. The fourth-order valence-corrected chi connectivity index (χ4v) is 1.37. The maximum atomic E-state index is 11.3. The summed E-state index contributed by atoms with van der Waals surface area (Å²) in [7, 11) is 1.37. The van der Waals surface area contributed by atoms with Gasteiger partial charge in [0.15, 0.2) is 0 Å². The van der Waals surface area contributed by atoms with Gasteiger partial charge in [0.1, 0.15) is 0 Å². The fourth-order valence-electron chi connectivity index (χ4n) is 1.37. The maximum Gasteiger partial charge on any atom is 0.307 e. The standard InChI is InChI=1S/C11H20N2O3/c1-8(7-11(15)16-2)12-6-5-10(14)13-9-3-4-9/h8-9,12H,3-7H2,1-2H3,(H,13,14). The molecule has 2 N–H and O–H groups in total. The summed E-state index contributed by atoms with van der Waals surface area (Å²) in [5, 5.41) is 6.02. The summed E-state index contributed by atoms with van der Waals surface area (Å²) in [5.74, 6) is -0.150. The highest BCUT2D eigenvalue weighted by Gasteiger charge is 2.22. The lowest BCUT2D eigenvalue weighted by Crippen LogP contribution is -2.34. The summed E-state index contributed by atoms with van der Waals surface area (Å²) < 4.78 is 4.55. The molecule has 0 saturated heterocycles. The minimum absolute atomic E-state index is 0.0428. The zero-order valence-electron chi connectivity index (χ0n) is 9.91. The molecule has 1 atom stereocenters. The molecule has 1 amide bonds. The van der Waals surface area contributed by atoms with Crippen LogP contribution in [0.5, 0.6) is 0 Å². The molecule has 1 fully saturated rings. The number of hydrogen-bond donors (Lipinski definition) is 2. The normalized spacial score (nSPS) is 16.6. The predicted octanol–water partition coefficient (Wildman–Crippen LogP) is 0.196. The van der Waals surface area contributed by atoms with Gasteiger partial charge in [-0.1, -0.05) is 0 Å². The second kappa shape index (κ2) is 6.48. The van der Waals surface area contributed by atoms with Crippen LogP contribution in [0.1, 0.15) is 32.6 Å². The van der Waals surface area contributed by atoms with Gasteiger partial charge in [-0.15, -0.1) is 0 Å². The molecule has 5 nitrogen and oxygen atoms in total. The number of hydrogen-bond acceptors (Lipinski definition) is 4. The molecule has 0 aromatic carbocycles. The van der Waals surface area contributed by atoms with Crippen LogP contribution in [-0.4, -0.2) is 37.6 Å². The molecule has 0 heterocycles. The van der Waals surface area contributed by atoms with Gasteiger partial charge in [0.25, 0.3) is 0 Å². The lowest BCUT2D eigenvalue weighted by atomic mass is 10.2. The molecule has 0 aromatic heterocycles. The van der Waals surface area contributed by atoms with Gasteiger partial charge in [0, 0.05) is 25.0 Å². The zero-order chi connectivity index (χ0) is 12.0. The summed E-state index contributed by atoms with van der Waals surface area (Å²) >= 11 is 0. The van der Waals surface area contributed by atoms with Crippen LogP contribution in [0.2, 0.25) is 0 Å². The van der Waals surface area contributed by atoms with Crippen molar-refractivity contribution in [3.05, 3.63) is 0 Å². The molecule has 1 aliphatic carbocycles. The quantitative estimate of drug-likeness (QED) is 0.611. The Morgan fingerprint density at radius 1 is 1.44 bits per heavy atom. The van der Waals surface area contributed by atoms with E-state index in [4.69, 9.17) is 0 Å². The van der Waals surface area contributed by atoms with Crippen molar-refractivity contribution in [1.29, 1.82) is 0 Å². The number of ether oxygens (including phenoxy) is 1. The molecule has 0 spiro atoms. The van der Waals surface area contributed by atoms with Gasteiger partial charge in [-0.25, -0.2) is 0 Å². The van der Waals surface area contributed by atoms with Crippen LogP contribution in [0.3, 0.4) is 0 Å². The van der Waals surface area contributed by atoms with E-state index in [1.54, 1.807) is 0 Å². The molecule has 1 unspecified atom stereocenters. The topological polar surface area (TPSA) is 67.4 Å². The first-order valence-corrected chi connectivity index (χ1v) is 5.71. The molecular weight excluding hydrogens is 208 g/mol. The third kappa shape index (κ3) is 5.70. The average molecular weight is 228 g/mol. The van der Waals surface area contributed by atoms with Gasteiger partial charge in [0.2, 0.25) is 5.91 Å². The van der Waals surface area contributed by atoms with Crippen LogP contribution < -0.4 is 10.6 Å². The van der Waals surface area contributed by atoms with Crippen molar-refractivity contribution < 1.29 is 14.3 Å². The summed E-state index contributed by atoms with van der Waals surface area (Å²) in [6, 6.07) is 0.459. The first-order valence-electron chi connectivity index (χ1n) is 5.71. The Bertz CT molecular complexity index is 252. The van der Waals surface area contributed by atoms with Crippen LogP contribution >= 0.6 is 0 Å². The zero-order valence-corrected chi connectivity index (χ0v) is 9.91. The monoisotopic (exact) mass is 228 g/mol. The lowest BCUT2D eigenvalue weighted by molar-refractivity contribution is -0.141. The molecule has 5 heteroatoms. The Morgan fingerprint density at radius 2 is 2.12 bits per heavy atom. The van der Waals surface area contributed by atoms with Crippen LogP contribution in [0, 0.1) is 0 Å². The number of methoxy groups -OCH3 is 1. The highest BCUT2D eigenvalue weighted by Crippen LogP contribution is 2.18. The second-order valence-corrected chi connectivity index (χ2v) is 4.23. The van der Waals surface area contributed by atoms with Gasteiger partial charge >= 0.3 is 5.97 Å². The summed E-state index contributed by atoms with van der Waals surface area (Å²) in [4.78, 5) is 22.2. The second-order valence-electron chi connectivity index (χ2n) is 4.23. The molecule has 0 aliphatic heterocycles. The molecule has 1 rings (SSSR count). The van der Waals surface area contributed by atoms with E-state index in [-0.39, 0.29) is 17.9 Å². The van der Waals surface area contributed by atoms with Crippen molar-refractivity contribution in [1.82, 2.24) is 10.6 Å². The fraction of sp³-hybridized carbons (Fsp3) is 0.818. The molecule has 0 aromatic rings. The Morgan fingerprint density at radius 3 is 2.69 bits per heavy atom. The van der Waals surface area contributed by atoms with Crippen LogP contribution in [0.4, 0.5) is 0 Å². The van der Waals surface area contributed by atoms with Crippen LogP contribution in [0.15, 0.2) is 0 Å². The first-order chi connectivity index (χ1) is 7.61. The largest absolute Gasteiger partial charge is 0.469 e. The Hall–Kier alpha value is -1.10. The van der Waals surface area contributed by atoms with Crippen molar-refractivity contribution in [3.63, 3.8) is 0 Å². The minimum Gasteiger partial charge on any atom is -0.469 e. The smallest absolute Gasteiger partial charge is 0.307 e. The van der Waals surface area contributed by atoms with E-state index in [2.05, 4.69) is 15.4 Å². The summed E-state index contributed by atoms with van der Waals surface area (Å²) in [6.45, 7) is 2.49. The van der Waals surface area contributed by atoms with E-state index in [0.29, 0.717) is 25.4 Å². The van der Waals surface area contributed by atoms with E-state index in [0.717, 1.165) is 12.8 Å². The number of carbonyl (C=O) groups is 2. The highest BCUT2D eigenvalue weighted by molar-refractivity contribution is 5.76. The summed E-state index contributed by atoms with van der Waals surface area (Å²) in [5.41, 5.74) is 0. The number of amides is 1. The van der Waals surface area contributed by atoms with Crippen molar-refractivity contribution in [2.45, 2.75) is 44.7 Å². The van der Waals surface area contributed by atoms with E-state index >= 15 is 0 Å². The molecule has 92 valence electrons. The van der Waals surface area contributed by atoms with Gasteiger partial charge in [-0.05, 0) is 19.8 Å². The van der Waals surface area contributed by atoms with Crippen molar-refractivity contribution in [2.75, 3.05) is 13.7 Å². The van der Waals surface area contributed by atoms with Gasteiger partial charge < -0.3 is 15.4 Å². The van der Waals surface area contributed by atoms with E-state index in [9.17, 15) is 9.59 Å². The van der Waals surface area contributed by atoms with E-state index < -0.39 is 0 Å². The van der Waals surface area contributed by atoms with Crippen molar-refractivity contribution in [3.8, 4) is 0 Å². The molecule has 0 bridgehead atoms. The van der Waals surface area contributed by atoms with E-state index in [1.807, 2.05) is 6.92 Å². The van der Waals surface area contributed by atoms with Crippen LogP contribution in [-0.2, 0) is 14.3 Å². The summed E-state index contributed by atoms with van der Waals surface area (Å²) in [6.07, 6.45) is 3.01. The third-order valence-corrected chi connectivity index (χ3v) is 2.49. The first kappa shape index (κ1) is 13.0. The predicted molar refractivity (Wildman–Crippen MR) is 59.9 cm³/mol. The van der Waals surface area contributed by atoms with Gasteiger partial charge in [-0.3, -0.25) is 9.59 Å².